The number of nitrogens with zero attached hydrogens (tertiary/aromatic N) is 3. The van der Waals surface area contributed by atoms with Gasteiger partial charge in [0.25, 0.3) is 0 Å². The van der Waals surface area contributed by atoms with E-state index in [1.807, 2.05) is 18.2 Å². The zero-order chi connectivity index (χ0) is 22.9. The maximum Gasteiger partial charge on any atom is 0.416 e. The van der Waals surface area contributed by atoms with E-state index in [2.05, 4.69) is 9.97 Å². The molecule has 0 atom stereocenters. The minimum absolute atomic E-state index is 0.109. The number of thiazole rings is 2. The van der Waals surface area contributed by atoms with Gasteiger partial charge in [-0.2, -0.15) is 13.2 Å². The molecule has 0 saturated carbocycles. The van der Waals surface area contributed by atoms with Crippen LogP contribution < -0.4 is 9.64 Å². The maximum absolute atomic E-state index is 13.1. The zero-order valence-corrected chi connectivity index (χ0v) is 18.5. The minimum atomic E-state index is -4.50. The Morgan fingerprint density at radius 3 is 2.66 bits per heavy atom. The van der Waals surface area contributed by atoms with Crippen molar-refractivity contribution in [3.63, 3.8) is 0 Å². The molecule has 2 heterocycles. The van der Waals surface area contributed by atoms with Crippen LogP contribution >= 0.6 is 22.7 Å². The fourth-order valence-electron chi connectivity index (χ4n) is 2.98. The molecule has 0 aliphatic rings. The lowest BCUT2D eigenvalue weighted by Crippen LogP contribution is -2.23. The number of benzene rings is 2. The summed E-state index contributed by atoms with van der Waals surface area (Å²) in [7, 11) is 1.60. The molecule has 32 heavy (non-hydrogen) atoms. The predicted octanol–water partition coefficient (Wildman–Crippen LogP) is 6.64. The van der Waals surface area contributed by atoms with E-state index in [9.17, 15) is 18.0 Å². The molecule has 164 valence electrons. The molecule has 0 unspecified atom stereocenters. The molecule has 2 aromatic carbocycles. The number of amides is 1. The number of aromatic nitrogens is 2. The molecule has 0 aliphatic heterocycles. The van der Waals surface area contributed by atoms with Gasteiger partial charge in [-0.25, -0.2) is 9.97 Å². The lowest BCUT2D eigenvalue weighted by atomic mass is 10.2. The summed E-state index contributed by atoms with van der Waals surface area (Å²) >= 11 is 2.66. The van der Waals surface area contributed by atoms with Gasteiger partial charge in [0.05, 0.1) is 34.3 Å². The van der Waals surface area contributed by atoms with Crippen molar-refractivity contribution in [3.05, 3.63) is 64.1 Å². The first-order valence-corrected chi connectivity index (χ1v) is 11.0. The molecule has 0 fully saturated rings. The van der Waals surface area contributed by atoms with E-state index < -0.39 is 17.6 Å². The normalized spacial score (nSPS) is 11.9. The van der Waals surface area contributed by atoms with Crippen LogP contribution in [0, 0.1) is 0 Å². The molecule has 10 heteroatoms. The molecular weight excluding hydrogens is 459 g/mol. The number of hydrogen-bond acceptors (Lipinski definition) is 6. The molecule has 0 aliphatic carbocycles. The number of alkyl halides is 3. The molecule has 0 radical (unpaired) electrons. The lowest BCUT2D eigenvalue weighted by Gasteiger charge is -2.19. The van der Waals surface area contributed by atoms with Crippen LogP contribution in [-0.2, 0) is 11.0 Å². The van der Waals surface area contributed by atoms with Gasteiger partial charge in [-0.1, -0.05) is 6.07 Å². The number of hydrogen-bond donors (Lipinski definition) is 0. The minimum Gasteiger partial charge on any atom is -0.497 e. The highest BCUT2D eigenvalue weighted by molar-refractivity contribution is 7.19. The summed E-state index contributed by atoms with van der Waals surface area (Å²) in [6, 6.07) is 10.2. The molecule has 5 nitrogen and oxygen atoms in total. The maximum atomic E-state index is 13.1. The second kappa shape index (κ2) is 8.71. The lowest BCUT2D eigenvalue weighted by molar-refractivity contribution is -0.137. The second-order valence-electron chi connectivity index (χ2n) is 6.68. The molecule has 0 spiro atoms. The van der Waals surface area contributed by atoms with Crippen molar-refractivity contribution in [1.82, 2.24) is 9.97 Å². The quantitative estimate of drug-likeness (QED) is 0.325. The van der Waals surface area contributed by atoms with Crippen molar-refractivity contribution in [2.45, 2.75) is 13.1 Å². The van der Waals surface area contributed by atoms with Crippen molar-refractivity contribution in [1.29, 1.82) is 0 Å². The van der Waals surface area contributed by atoms with Gasteiger partial charge in [0.1, 0.15) is 10.8 Å². The second-order valence-corrected chi connectivity index (χ2v) is 8.58. The molecule has 2 aromatic heterocycles. The van der Waals surface area contributed by atoms with E-state index in [1.54, 1.807) is 24.6 Å². The molecule has 0 saturated heterocycles. The fraction of sp³-hybridized carbons (Fsp3) is 0.136. The molecule has 0 N–H and O–H groups in total. The average Bonchev–Trinajstić information content (AvgIpc) is 3.37. The van der Waals surface area contributed by atoms with Gasteiger partial charge in [-0.3, -0.25) is 9.69 Å². The van der Waals surface area contributed by atoms with Crippen LogP contribution in [0.15, 0.2) is 47.8 Å². The first kappa shape index (κ1) is 22.0. The van der Waals surface area contributed by atoms with Crippen molar-refractivity contribution >= 4 is 61.8 Å². The monoisotopic (exact) mass is 475 g/mol. The highest BCUT2D eigenvalue weighted by Gasteiger charge is 2.31. The van der Waals surface area contributed by atoms with Gasteiger partial charge < -0.3 is 4.74 Å². The number of fused-ring (bicyclic) bond motifs is 1. The Morgan fingerprint density at radius 1 is 1.12 bits per heavy atom. The number of anilines is 2. The third-order valence-corrected chi connectivity index (χ3v) is 6.28. The third kappa shape index (κ3) is 4.66. The fourth-order valence-corrected chi connectivity index (χ4v) is 4.74. The number of ether oxygens (including phenoxy) is 1. The summed E-state index contributed by atoms with van der Waals surface area (Å²) in [5.41, 5.74) is 0.699. The first-order valence-electron chi connectivity index (χ1n) is 9.31. The summed E-state index contributed by atoms with van der Waals surface area (Å²) in [4.78, 5) is 22.3. The van der Waals surface area contributed by atoms with Crippen molar-refractivity contribution in [3.8, 4) is 5.75 Å². The van der Waals surface area contributed by atoms with E-state index >= 15 is 0 Å². The van der Waals surface area contributed by atoms with Gasteiger partial charge in [-0.15, -0.1) is 22.7 Å². The number of carbonyl (C=O) groups excluding carboxylic acids is 1. The van der Waals surface area contributed by atoms with Gasteiger partial charge in [0.2, 0.25) is 5.91 Å². The van der Waals surface area contributed by atoms with E-state index in [0.29, 0.717) is 5.69 Å². The van der Waals surface area contributed by atoms with Crippen LogP contribution in [0.5, 0.6) is 5.75 Å². The Kier molecular flexibility index (Phi) is 5.98. The Labute approximate surface area is 189 Å². The Balaban J connectivity index is 1.60. The Hall–Kier alpha value is -3.24. The van der Waals surface area contributed by atoms with Gasteiger partial charge in [0, 0.05) is 12.3 Å². The van der Waals surface area contributed by atoms with E-state index in [0.717, 1.165) is 33.1 Å². The third-order valence-electron chi connectivity index (χ3n) is 4.46. The van der Waals surface area contributed by atoms with Crippen LogP contribution in [-0.4, -0.2) is 23.0 Å². The van der Waals surface area contributed by atoms with Crippen LogP contribution in [0.1, 0.15) is 23.2 Å². The topological polar surface area (TPSA) is 55.3 Å². The van der Waals surface area contributed by atoms with E-state index in [-0.39, 0.29) is 10.8 Å². The Bertz CT molecular complexity index is 1310. The van der Waals surface area contributed by atoms with Gasteiger partial charge in [-0.05, 0) is 48.6 Å². The standard InChI is InChI=1S/C22H16F3N3O2S2/c1-13(29)28(16-5-3-4-14(10-16)22(23,24)25)21-26-15(12-31-21)6-9-20-27-18-8-7-17(30-2)11-19(18)32-20/h3-12H,1-2H3. The molecular formula is C22H16F3N3O2S2. The van der Waals surface area contributed by atoms with E-state index in [1.165, 1.54) is 46.6 Å². The van der Waals surface area contributed by atoms with Crippen LogP contribution in [0.3, 0.4) is 0 Å². The van der Waals surface area contributed by atoms with Crippen molar-refractivity contribution in [2.24, 2.45) is 0 Å². The van der Waals surface area contributed by atoms with Crippen molar-refractivity contribution in [2.75, 3.05) is 12.0 Å². The number of halogens is 3. The number of carbonyl (C=O) groups is 1. The van der Waals surface area contributed by atoms with Gasteiger partial charge in [0.15, 0.2) is 5.13 Å². The predicted molar refractivity (Wildman–Crippen MR) is 121 cm³/mol. The zero-order valence-electron chi connectivity index (χ0n) is 16.9. The molecule has 4 rings (SSSR count). The Morgan fingerprint density at radius 2 is 1.94 bits per heavy atom. The summed E-state index contributed by atoms with van der Waals surface area (Å²) in [6.45, 7) is 1.28. The van der Waals surface area contributed by atoms with E-state index in [4.69, 9.17) is 4.74 Å². The highest BCUT2D eigenvalue weighted by Crippen LogP contribution is 2.35. The summed E-state index contributed by atoms with van der Waals surface area (Å²) in [5.74, 6) is 0.314. The summed E-state index contributed by atoms with van der Waals surface area (Å²) in [6.07, 6.45) is -0.950. The molecule has 0 bridgehead atoms. The first-order chi connectivity index (χ1) is 15.2. The SMILES string of the molecule is COc1ccc2nc(C=Cc3csc(N(C(C)=O)c4cccc(C(F)(F)F)c4)n3)sc2c1. The van der Waals surface area contributed by atoms with Crippen LogP contribution in [0.25, 0.3) is 22.4 Å². The van der Waals surface area contributed by atoms with Crippen molar-refractivity contribution < 1.29 is 22.7 Å². The molecule has 4 aromatic rings. The molecule has 1 amide bonds. The average molecular weight is 476 g/mol. The number of methoxy groups -OCH3 is 1. The van der Waals surface area contributed by atoms with Crippen LogP contribution in [0.2, 0.25) is 0 Å². The summed E-state index contributed by atoms with van der Waals surface area (Å²) in [5, 5.41) is 2.78. The smallest absolute Gasteiger partial charge is 0.416 e. The highest BCUT2D eigenvalue weighted by atomic mass is 32.1. The van der Waals surface area contributed by atoms with Crippen LogP contribution in [0.4, 0.5) is 24.0 Å². The largest absolute Gasteiger partial charge is 0.497 e. The summed E-state index contributed by atoms with van der Waals surface area (Å²) < 4.78 is 45.5. The number of rotatable bonds is 5. The van der Waals surface area contributed by atoms with Gasteiger partial charge >= 0.3 is 6.18 Å².